The summed E-state index contributed by atoms with van der Waals surface area (Å²) in [6, 6.07) is 3.42. The van der Waals surface area contributed by atoms with E-state index in [0.717, 1.165) is 6.42 Å². The van der Waals surface area contributed by atoms with Gasteiger partial charge in [-0.1, -0.05) is 6.92 Å². The lowest BCUT2D eigenvalue weighted by atomic mass is 9.92. The number of carboxylic acid groups (broad SMARTS) is 1. The Morgan fingerprint density at radius 1 is 1.55 bits per heavy atom. The molecule has 108 valence electrons. The summed E-state index contributed by atoms with van der Waals surface area (Å²) < 4.78 is 0. The number of carbonyl (C=O) groups is 2. The molecule has 0 radical (unpaired) electrons. The number of pyridine rings is 1. The molecule has 2 rings (SSSR count). The number of hydrogen-bond acceptors (Lipinski definition) is 4. The molecular formula is C14H18N2O3S. The van der Waals surface area contributed by atoms with Crippen LogP contribution in [0.3, 0.4) is 0 Å². The molecule has 1 fully saturated rings. The van der Waals surface area contributed by atoms with Crippen molar-refractivity contribution in [3.05, 3.63) is 23.9 Å². The molecule has 0 spiro atoms. The summed E-state index contributed by atoms with van der Waals surface area (Å²) in [6.45, 7) is 2.31. The molecule has 1 N–H and O–H groups in total. The van der Waals surface area contributed by atoms with Crippen LogP contribution in [-0.4, -0.2) is 45.2 Å². The SMILES string of the molecule is CCC1(C(=O)O)CCCN1C(=O)c1cccnc1SC. The molecule has 0 aromatic carbocycles. The van der Waals surface area contributed by atoms with E-state index in [1.165, 1.54) is 16.7 Å². The summed E-state index contributed by atoms with van der Waals surface area (Å²) in [7, 11) is 0. The van der Waals surface area contributed by atoms with E-state index >= 15 is 0 Å². The van der Waals surface area contributed by atoms with Crippen LogP contribution < -0.4 is 0 Å². The maximum atomic E-state index is 12.7. The van der Waals surface area contributed by atoms with Gasteiger partial charge in [-0.25, -0.2) is 9.78 Å². The van der Waals surface area contributed by atoms with Crippen LogP contribution >= 0.6 is 11.8 Å². The topological polar surface area (TPSA) is 70.5 Å². The summed E-state index contributed by atoms with van der Waals surface area (Å²) >= 11 is 1.39. The van der Waals surface area contributed by atoms with Gasteiger partial charge in [0, 0.05) is 12.7 Å². The van der Waals surface area contributed by atoms with Gasteiger partial charge >= 0.3 is 5.97 Å². The molecule has 2 heterocycles. The van der Waals surface area contributed by atoms with Crippen LogP contribution in [0.5, 0.6) is 0 Å². The standard InChI is InChI=1S/C14H18N2O3S/c1-3-14(13(18)19)7-5-9-16(14)12(17)10-6-4-8-15-11(10)20-2/h4,6,8H,3,5,7,9H2,1-2H3,(H,18,19). The van der Waals surface area contributed by atoms with E-state index in [0.29, 0.717) is 30.0 Å². The van der Waals surface area contributed by atoms with Crippen molar-refractivity contribution in [2.45, 2.75) is 36.8 Å². The Morgan fingerprint density at radius 3 is 2.90 bits per heavy atom. The van der Waals surface area contributed by atoms with E-state index in [2.05, 4.69) is 4.98 Å². The summed E-state index contributed by atoms with van der Waals surface area (Å²) in [5.74, 6) is -1.15. The first-order valence-electron chi connectivity index (χ1n) is 6.61. The first-order chi connectivity index (χ1) is 9.56. The smallest absolute Gasteiger partial charge is 0.329 e. The zero-order valence-electron chi connectivity index (χ0n) is 11.6. The van der Waals surface area contributed by atoms with Gasteiger partial charge in [0.05, 0.1) is 5.56 Å². The second-order valence-electron chi connectivity index (χ2n) is 4.81. The number of amides is 1. The molecule has 1 aliphatic heterocycles. The lowest BCUT2D eigenvalue weighted by Crippen LogP contribution is -2.52. The number of aliphatic carboxylic acids is 1. The molecule has 20 heavy (non-hydrogen) atoms. The van der Waals surface area contributed by atoms with Crippen LogP contribution in [0.4, 0.5) is 0 Å². The monoisotopic (exact) mass is 294 g/mol. The van der Waals surface area contributed by atoms with Gasteiger partial charge < -0.3 is 10.0 Å². The van der Waals surface area contributed by atoms with Crippen LogP contribution in [0.1, 0.15) is 36.5 Å². The lowest BCUT2D eigenvalue weighted by Gasteiger charge is -2.34. The van der Waals surface area contributed by atoms with E-state index in [4.69, 9.17) is 0 Å². The van der Waals surface area contributed by atoms with Crippen molar-refractivity contribution in [2.24, 2.45) is 0 Å². The number of hydrogen-bond donors (Lipinski definition) is 1. The van der Waals surface area contributed by atoms with Crippen LogP contribution in [-0.2, 0) is 4.79 Å². The van der Waals surface area contributed by atoms with E-state index < -0.39 is 11.5 Å². The zero-order chi connectivity index (χ0) is 14.8. The Balaban J connectivity index is 2.39. The van der Waals surface area contributed by atoms with Crippen LogP contribution in [0.15, 0.2) is 23.4 Å². The molecule has 5 nitrogen and oxygen atoms in total. The van der Waals surface area contributed by atoms with Crippen molar-refractivity contribution in [1.29, 1.82) is 0 Å². The fourth-order valence-corrected chi connectivity index (χ4v) is 3.32. The van der Waals surface area contributed by atoms with Gasteiger partial charge in [-0.3, -0.25) is 4.79 Å². The predicted octanol–water partition coefficient (Wildman–Crippen LogP) is 2.27. The zero-order valence-corrected chi connectivity index (χ0v) is 12.4. The number of carboxylic acids is 1. The Hall–Kier alpha value is -1.56. The Labute approximate surface area is 122 Å². The van der Waals surface area contributed by atoms with Gasteiger partial charge in [-0.2, -0.15) is 0 Å². The molecule has 1 amide bonds. The molecule has 1 aliphatic rings. The Morgan fingerprint density at radius 2 is 2.30 bits per heavy atom. The summed E-state index contributed by atoms with van der Waals surface area (Å²) in [5.41, 5.74) is -0.580. The molecule has 1 aromatic heterocycles. The number of aromatic nitrogens is 1. The lowest BCUT2D eigenvalue weighted by molar-refractivity contribution is -0.148. The maximum Gasteiger partial charge on any atom is 0.329 e. The molecule has 0 aliphatic carbocycles. The van der Waals surface area contributed by atoms with Crippen LogP contribution in [0.2, 0.25) is 0 Å². The quantitative estimate of drug-likeness (QED) is 0.863. The van der Waals surface area contributed by atoms with E-state index in [-0.39, 0.29) is 5.91 Å². The van der Waals surface area contributed by atoms with Crippen molar-refractivity contribution in [1.82, 2.24) is 9.88 Å². The minimum atomic E-state index is -1.07. The highest BCUT2D eigenvalue weighted by atomic mass is 32.2. The molecule has 1 atom stereocenters. The summed E-state index contributed by atoms with van der Waals surface area (Å²) in [6.07, 6.45) is 5.15. The van der Waals surface area contributed by atoms with Gasteiger partial charge in [0.15, 0.2) is 0 Å². The largest absolute Gasteiger partial charge is 0.479 e. The van der Waals surface area contributed by atoms with Crippen LogP contribution in [0.25, 0.3) is 0 Å². The summed E-state index contributed by atoms with van der Waals surface area (Å²) in [5, 5.41) is 10.2. The number of nitrogens with zero attached hydrogens (tertiary/aromatic N) is 2. The average molecular weight is 294 g/mol. The Kier molecular flexibility index (Phi) is 4.32. The third-order valence-electron chi connectivity index (χ3n) is 3.91. The van der Waals surface area contributed by atoms with Crippen molar-refractivity contribution in [3.8, 4) is 0 Å². The van der Waals surface area contributed by atoms with E-state index in [9.17, 15) is 14.7 Å². The van der Waals surface area contributed by atoms with Crippen LogP contribution in [0, 0.1) is 0 Å². The first kappa shape index (κ1) is 14.8. The van der Waals surface area contributed by atoms with Gasteiger partial charge in [-0.15, -0.1) is 11.8 Å². The van der Waals surface area contributed by atoms with Gasteiger partial charge in [0.1, 0.15) is 10.6 Å². The molecule has 1 saturated heterocycles. The predicted molar refractivity (Wildman–Crippen MR) is 76.9 cm³/mol. The van der Waals surface area contributed by atoms with Crippen molar-refractivity contribution < 1.29 is 14.7 Å². The van der Waals surface area contributed by atoms with Crippen molar-refractivity contribution in [3.63, 3.8) is 0 Å². The number of likely N-dealkylation sites (tertiary alicyclic amines) is 1. The molecule has 1 aromatic rings. The Bertz CT molecular complexity index is 535. The van der Waals surface area contributed by atoms with Crippen molar-refractivity contribution >= 4 is 23.6 Å². The number of rotatable bonds is 4. The third kappa shape index (κ3) is 2.28. The molecule has 0 saturated carbocycles. The minimum Gasteiger partial charge on any atom is -0.479 e. The highest BCUT2D eigenvalue weighted by Crippen LogP contribution is 2.35. The van der Waals surface area contributed by atoms with Gasteiger partial charge in [0.2, 0.25) is 0 Å². The van der Waals surface area contributed by atoms with E-state index in [1.807, 2.05) is 13.2 Å². The van der Waals surface area contributed by atoms with Gasteiger partial charge in [0.25, 0.3) is 5.91 Å². The molecule has 6 heteroatoms. The van der Waals surface area contributed by atoms with Crippen molar-refractivity contribution in [2.75, 3.05) is 12.8 Å². The fourth-order valence-electron chi connectivity index (χ4n) is 2.78. The number of thioether (sulfide) groups is 1. The van der Waals surface area contributed by atoms with Gasteiger partial charge in [-0.05, 0) is 37.7 Å². The third-order valence-corrected chi connectivity index (χ3v) is 4.62. The average Bonchev–Trinajstić information content (AvgIpc) is 2.91. The normalized spacial score (nSPS) is 22.0. The molecular weight excluding hydrogens is 276 g/mol. The highest BCUT2D eigenvalue weighted by Gasteiger charge is 2.48. The second kappa shape index (κ2) is 5.83. The molecule has 1 unspecified atom stereocenters. The minimum absolute atomic E-state index is 0.232. The second-order valence-corrected chi connectivity index (χ2v) is 5.61. The first-order valence-corrected chi connectivity index (χ1v) is 7.83. The summed E-state index contributed by atoms with van der Waals surface area (Å²) in [4.78, 5) is 30.0. The highest BCUT2D eigenvalue weighted by molar-refractivity contribution is 7.98. The molecule has 0 bridgehead atoms. The maximum absolute atomic E-state index is 12.7. The fraction of sp³-hybridized carbons (Fsp3) is 0.500. The van der Waals surface area contributed by atoms with E-state index in [1.54, 1.807) is 18.3 Å². The number of carbonyl (C=O) groups excluding carboxylic acids is 1.